The van der Waals surface area contributed by atoms with Gasteiger partial charge in [-0.05, 0) is 43.5 Å². The molecular formula is C14H21N3O3. The van der Waals surface area contributed by atoms with Gasteiger partial charge in [0.15, 0.2) is 11.5 Å². The largest absolute Gasteiger partial charge is 0.454 e. The van der Waals surface area contributed by atoms with E-state index in [1.807, 2.05) is 18.2 Å². The van der Waals surface area contributed by atoms with Gasteiger partial charge in [0, 0.05) is 6.54 Å². The summed E-state index contributed by atoms with van der Waals surface area (Å²) in [6, 6.07) is 5.30. The minimum Gasteiger partial charge on any atom is -0.454 e. The lowest BCUT2D eigenvalue weighted by atomic mass is 10.1. The molecule has 2 rings (SSSR count). The molecule has 0 saturated heterocycles. The molecule has 20 heavy (non-hydrogen) atoms. The van der Waals surface area contributed by atoms with E-state index in [2.05, 4.69) is 5.32 Å². The highest BCUT2D eigenvalue weighted by Gasteiger charge is 2.14. The minimum absolute atomic E-state index is 0.126. The van der Waals surface area contributed by atoms with Crippen LogP contribution < -0.4 is 26.3 Å². The van der Waals surface area contributed by atoms with Crippen LogP contribution in [0.3, 0.4) is 0 Å². The molecule has 0 aromatic heterocycles. The second kappa shape index (κ2) is 7.12. The van der Waals surface area contributed by atoms with Crippen LogP contribution in [0.25, 0.3) is 0 Å². The van der Waals surface area contributed by atoms with Gasteiger partial charge in [-0.1, -0.05) is 6.07 Å². The number of nitrogens with two attached hydrogens (primary N) is 2. The Morgan fingerprint density at radius 3 is 2.95 bits per heavy atom. The van der Waals surface area contributed by atoms with Crippen LogP contribution in [0.15, 0.2) is 18.2 Å². The third-order valence-corrected chi connectivity index (χ3v) is 3.21. The highest BCUT2D eigenvalue weighted by Crippen LogP contribution is 2.32. The molecule has 1 amide bonds. The quantitative estimate of drug-likeness (QED) is 0.659. The van der Waals surface area contributed by atoms with Gasteiger partial charge in [0.2, 0.25) is 12.7 Å². The van der Waals surface area contributed by atoms with Crippen molar-refractivity contribution in [2.24, 2.45) is 11.5 Å². The van der Waals surface area contributed by atoms with E-state index in [-0.39, 0.29) is 12.7 Å². The van der Waals surface area contributed by atoms with Crippen LogP contribution in [0.5, 0.6) is 11.5 Å². The van der Waals surface area contributed by atoms with Crippen molar-refractivity contribution < 1.29 is 14.3 Å². The Morgan fingerprint density at radius 1 is 1.35 bits per heavy atom. The molecular weight excluding hydrogens is 258 g/mol. The van der Waals surface area contributed by atoms with E-state index < -0.39 is 6.04 Å². The Balaban J connectivity index is 1.74. The fourth-order valence-electron chi connectivity index (χ4n) is 2.03. The van der Waals surface area contributed by atoms with E-state index in [1.165, 1.54) is 0 Å². The van der Waals surface area contributed by atoms with Crippen LogP contribution in [0.4, 0.5) is 0 Å². The number of fused-ring (bicyclic) bond motifs is 1. The highest BCUT2D eigenvalue weighted by molar-refractivity contribution is 5.81. The van der Waals surface area contributed by atoms with Crippen molar-refractivity contribution in [2.45, 2.75) is 25.3 Å². The Hall–Kier alpha value is -1.79. The van der Waals surface area contributed by atoms with Crippen molar-refractivity contribution in [1.29, 1.82) is 0 Å². The van der Waals surface area contributed by atoms with Gasteiger partial charge >= 0.3 is 0 Å². The first-order chi connectivity index (χ1) is 9.70. The van der Waals surface area contributed by atoms with Gasteiger partial charge < -0.3 is 26.3 Å². The molecule has 110 valence electrons. The first-order valence-electron chi connectivity index (χ1n) is 6.82. The maximum atomic E-state index is 11.7. The van der Waals surface area contributed by atoms with Crippen LogP contribution in [0.1, 0.15) is 18.4 Å². The number of ether oxygens (including phenoxy) is 2. The summed E-state index contributed by atoms with van der Waals surface area (Å²) in [6.45, 7) is 1.37. The van der Waals surface area contributed by atoms with E-state index in [1.54, 1.807) is 0 Å². The SMILES string of the molecule is NCCCC(N)C(=O)NCCc1ccc2c(c1)OCO2. The average Bonchev–Trinajstić information content (AvgIpc) is 2.92. The maximum absolute atomic E-state index is 11.7. The standard InChI is InChI=1S/C14H21N3O3/c15-6-1-2-11(16)14(18)17-7-5-10-3-4-12-13(8-10)20-9-19-12/h3-4,8,11H,1-2,5-7,9,15-16H2,(H,17,18). The molecule has 0 bridgehead atoms. The Bertz CT molecular complexity index is 465. The van der Waals surface area contributed by atoms with E-state index >= 15 is 0 Å². The van der Waals surface area contributed by atoms with Crippen molar-refractivity contribution in [3.8, 4) is 11.5 Å². The van der Waals surface area contributed by atoms with Gasteiger partial charge in [-0.25, -0.2) is 0 Å². The Kier molecular flexibility index (Phi) is 5.20. The summed E-state index contributed by atoms with van der Waals surface area (Å²) in [5.41, 5.74) is 12.2. The highest BCUT2D eigenvalue weighted by atomic mass is 16.7. The van der Waals surface area contributed by atoms with E-state index in [0.29, 0.717) is 19.5 Å². The summed E-state index contributed by atoms with van der Waals surface area (Å²) in [6.07, 6.45) is 2.11. The molecule has 0 spiro atoms. The number of amides is 1. The van der Waals surface area contributed by atoms with Gasteiger partial charge in [0.25, 0.3) is 0 Å². The summed E-state index contributed by atoms with van der Waals surface area (Å²) in [5.74, 6) is 1.40. The van der Waals surface area contributed by atoms with Gasteiger partial charge in [-0.15, -0.1) is 0 Å². The van der Waals surface area contributed by atoms with Crippen LogP contribution in [-0.2, 0) is 11.2 Å². The summed E-state index contributed by atoms with van der Waals surface area (Å²) in [5, 5.41) is 2.83. The normalized spacial score (nSPS) is 14.1. The molecule has 1 heterocycles. The molecule has 1 aliphatic rings. The fourth-order valence-corrected chi connectivity index (χ4v) is 2.03. The number of hydrogen-bond donors (Lipinski definition) is 3. The van der Waals surface area contributed by atoms with Crippen molar-refractivity contribution in [3.05, 3.63) is 23.8 Å². The molecule has 5 N–H and O–H groups in total. The fraction of sp³-hybridized carbons (Fsp3) is 0.500. The second-order valence-electron chi connectivity index (χ2n) is 4.77. The molecule has 1 aromatic rings. The molecule has 0 aliphatic carbocycles. The predicted octanol–water partition coefficient (Wildman–Crippen LogP) is 0.140. The monoisotopic (exact) mass is 279 g/mol. The van der Waals surface area contributed by atoms with Crippen LogP contribution in [0.2, 0.25) is 0 Å². The molecule has 0 radical (unpaired) electrons. The molecule has 6 heteroatoms. The zero-order chi connectivity index (χ0) is 14.4. The first-order valence-corrected chi connectivity index (χ1v) is 6.82. The van der Waals surface area contributed by atoms with Crippen molar-refractivity contribution in [1.82, 2.24) is 5.32 Å². The molecule has 1 unspecified atom stereocenters. The Labute approximate surface area is 118 Å². The first kappa shape index (κ1) is 14.6. The molecule has 1 atom stereocenters. The predicted molar refractivity (Wildman–Crippen MR) is 75.5 cm³/mol. The molecule has 1 aromatic carbocycles. The number of carbonyl (C=O) groups is 1. The number of rotatable bonds is 7. The topological polar surface area (TPSA) is 99.6 Å². The lowest BCUT2D eigenvalue weighted by Gasteiger charge is -2.11. The van der Waals surface area contributed by atoms with Gasteiger partial charge in [-0.3, -0.25) is 4.79 Å². The van der Waals surface area contributed by atoms with Crippen molar-refractivity contribution in [3.63, 3.8) is 0 Å². The van der Waals surface area contributed by atoms with E-state index in [4.69, 9.17) is 20.9 Å². The van der Waals surface area contributed by atoms with Crippen molar-refractivity contribution in [2.75, 3.05) is 19.9 Å². The van der Waals surface area contributed by atoms with Gasteiger partial charge in [0.05, 0.1) is 6.04 Å². The van der Waals surface area contributed by atoms with Crippen molar-refractivity contribution >= 4 is 5.91 Å². The Morgan fingerprint density at radius 2 is 2.15 bits per heavy atom. The number of benzene rings is 1. The third kappa shape index (κ3) is 3.85. The molecule has 0 fully saturated rings. The lowest BCUT2D eigenvalue weighted by molar-refractivity contribution is -0.122. The van der Waals surface area contributed by atoms with E-state index in [0.717, 1.165) is 29.9 Å². The minimum atomic E-state index is -0.477. The number of hydrogen-bond acceptors (Lipinski definition) is 5. The van der Waals surface area contributed by atoms with Gasteiger partial charge in [-0.2, -0.15) is 0 Å². The summed E-state index contributed by atoms with van der Waals surface area (Å²) in [7, 11) is 0. The number of nitrogens with one attached hydrogen (secondary N) is 1. The zero-order valence-corrected chi connectivity index (χ0v) is 11.4. The van der Waals surface area contributed by atoms with E-state index in [9.17, 15) is 4.79 Å². The second-order valence-corrected chi connectivity index (χ2v) is 4.77. The summed E-state index contributed by atoms with van der Waals surface area (Å²) < 4.78 is 10.6. The number of carbonyl (C=O) groups excluding carboxylic acids is 1. The van der Waals surface area contributed by atoms with Crippen LogP contribution in [0, 0.1) is 0 Å². The van der Waals surface area contributed by atoms with Crippen LogP contribution >= 0.6 is 0 Å². The van der Waals surface area contributed by atoms with Crippen LogP contribution in [-0.4, -0.2) is 31.8 Å². The lowest BCUT2D eigenvalue weighted by Crippen LogP contribution is -2.41. The molecule has 1 aliphatic heterocycles. The van der Waals surface area contributed by atoms with Gasteiger partial charge in [0.1, 0.15) is 0 Å². The molecule has 6 nitrogen and oxygen atoms in total. The zero-order valence-electron chi connectivity index (χ0n) is 11.4. The average molecular weight is 279 g/mol. The third-order valence-electron chi connectivity index (χ3n) is 3.21. The smallest absolute Gasteiger partial charge is 0.236 e. The maximum Gasteiger partial charge on any atom is 0.236 e. The summed E-state index contributed by atoms with van der Waals surface area (Å²) in [4.78, 5) is 11.7. The summed E-state index contributed by atoms with van der Waals surface area (Å²) >= 11 is 0. The molecule has 0 saturated carbocycles.